The number of ether oxygens (including phenoxy) is 1. The summed E-state index contributed by atoms with van der Waals surface area (Å²) in [5.41, 5.74) is 0.475. The Balaban J connectivity index is 1.67. The molecule has 12 heavy (non-hydrogen) atoms. The number of nitrogens with one attached hydrogen (secondary N) is 1. The van der Waals surface area contributed by atoms with Gasteiger partial charge in [-0.15, -0.1) is 0 Å². The van der Waals surface area contributed by atoms with Crippen LogP contribution in [0.5, 0.6) is 0 Å². The van der Waals surface area contributed by atoms with Gasteiger partial charge >= 0.3 is 0 Å². The van der Waals surface area contributed by atoms with Gasteiger partial charge in [0.1, 0.15) is 0 Å². The fourth-order valence-electron chi connectivity index (χ4n) is 2.02. The van der Waals surface area contributed by atoms with E-state index in [1.807, 2.05) is 0 Å². The zero-order valence-electron chi connectivity index (χ0n) is 7.94. The molecule has 1 saturated carbocycles. The van der Waals surface area contributed by atoms with E-state index < -0.39 is 0 Å². The Morgan fingerprint density at radius 1 is 1.50 bits per heavy atom. The summed E-state index contributed by atoms with van der Waals surface area (Å²) in [5, 5.41) is 3.66. The van der Waals surface area contributed by atoms with Gasteiger partial charge in [-0.2, -0.15) is 0 Å². The highest BCUT2D eigenvalue weighted by molar-refractivity contribution is 4.91. The summed E-state index contributed by atoms with van der Waals surface area (Å²) in [4.78, 5) is 0. The van der Waals surface area contributed by atoms with Crippen molar-refractivity contribution in [1.82, 2.24) is 5.32 Å². The van der Waals surface area contributed by atoms with E-state index in [0.29, 0.717) is 5.54 Å². The van der Waals surface area contributed by atoms with Crippen molar-refractivity contribution >= 4 is 0 Å². The Labute approximate surface area is 74.7 Å². The second-order valence-corrected chi connectivity index (χ2v) is 4.52. The van der Waals surface area contributed by atoms with Gasteiger partial charge in [0, 0.05) is 18.7 Å². The lowest BCUT2D eigenvalue weighted by molar-refractivity contribution is 0.169. The van der Waals surface area contributed by atoms with Crippen molar-refractivity contribution in [2.75, 3.05) is 19.8 Å². The first kappa shape index (κ1) is 8.52. The summed E-state index contributed by atoms with van der Waals surface area (Å²) in [5.74, 6) is 0.780. The van der Waals surface area contributed by atoms with Gasteiger partial charge in [0.05, 0.1) is 6.61 Å². The molecule has 0 radical (unpaired) electrons. The van der Waals surface area contributed by atoms with Crippen molar-refractivity contribution in [2.45, 2.75) is 38.1 Å². The van der Waals surface area contributed by atoms with Crippen LogP contribution in [0.2, 0.25) is 0 Å². The Morgan fingerprint density at radius 2 is 2.33 bits per heavy atom. The summed E-state index contributed by atoms with van der Waals surface area (Å²) >= 11 is 0. The fourth-order valence-corrected chi connectivity index (χ4v) is 2.02. The van der Waals surface area contributed by atoms with Crippen molar-refractivity contribution in [3.05, 3.63) is 0 Å². The Hall–Kier alpha value is -0.0800. The van der Waals surface area contributed by atoms with E-state index in [4.69, 9.17) is 4.74 Å². The van der Waals surface area contributed by atoms with Crippen molar-refractivity contribution in [3.8, 4) is 0 Å². The molecule has 0 aromatic carbocycles. The highest BCUT2D eigenvalue weighted by Gasteiger charge is 2.31. The SMILES string of the molecule is CC1(NCC2CCOC2)CCC1. The molecule has 1 atom stereocenters. The third-order valence-electron chi connectivity index (χ3n) is 3.30. The van der Waals surface area contributed by atoms with E-state index in [0.717, 1.165) is 25.7 Å². The minimum atomic E-state index is 0.475. The van der Waals surface area contributed by atoms with E-state index in [1.165, 1.54) is 25.7 Å². The lowest BCUT2D eigenvalue weighted by Gasteiger charge is -2.40. The fraction of sp³-hybridized carbons (Fsp3) is 1.00. The van der Waals surface area contributed by atoms with Gasteiger partial charge in [-0.05, 0) is 38.5 Å². The maximum absolute atomic E-state index is 5.33. The Morgan fingerprint density at radius 3 is 2.83 bits per heavy atom. The van der Waals surface area contributed by atoms with E-state index in [2.05, 4.69) is 12.2 Å². The van der Waals surface area contributed by atoms with Gasteiger partial charge in [0.15, 0.2) is 0 Å². The van der Waals surface area contributed by atoms with Crippen molar-refractivity contribution in [1.29, 1.82) is 0 Å². The van der Waals surface area contributed by atoms with Gasteiger partial charge in [-0.25, -0.2) is 0 Å². The maximum atomic E-state index is 5.33. The average Bonchev–Trinajstić information content (AvgIpc) is 2.49. The number of rotatable bonds is 3. The van der Waals surface area contributed by atoms with Crippen LogP contribution in [-0.4, -0.2) is 25.3 Å². The third kappa shape index (κ3) is 1.80. The molecule has 0 aromatic heterocycles. The molecule has 0 bridgehead atoms. The number of hydrogen-bond acceptors (Lipinski definition) is 2. The highest BCUT2D eigenvalue weighted by atomic mass is 16.5. The van der Waals surface area contributed by atoms with Gasteiger partial charge < -0.3 is 10.1 Å². The van der Waals surface area contributed by atoms with Crippen LogP contribution in [0.1, 0.15) is 32.6 Å². The molecular weight excluding hydrogens is 150 g/mol. The summed E-state index contributed by atoms with van der Waals surface area (Å²) in [6, 6.07) is 0. The number of hydrogen-bond donors (Lipinski definition) is 1. The monoisotopic (exact) mass is 169 g/mol. The van der Waals surface area contributed by atoms with Crippen LogP contribution in [-0.2, 0) is 4.74 Å². The normalized spacial score (nSPS) is 33.2. The van der Waals surface area contributed by atoms with Crippen LogP contribution >= 0.6 is 0 Å². The van der Waals surface area contributed by atoms with E-state index >= 15 is 0 Å². The standard InChI is InChI=1S/C10H19NO/c1-10(4-2-5-10)11-7-9-3-6-12-8-9/h9,11H,2-8H2,1H3. The molecule has 2 nitrogen and oxygen atoms in total. The predicted molar refractivity (Wildman–Crippen MR) is 49.2 cm³/mol. The van der Waals surface area contributed by atoms with Gasteiger partial charge in [0.2, 0.25) is 0 Å². The smallest absolute Gasteiger partial charge is 0.0507 e. The van der Waals surface area contributed by atoms with Crippen molar-refractivity contribution < 1.29 is 4.74 Å². The minimum Gasteiger partial charge on any atom is -0.381 e. The first-order valence-corrected chi connectivity index (χ1v) is 5.11. The van der Waals surface area contributed by atoms with Crippen molar-refractivity contribution in [3.63, 3.8) is 0 Å². The van der Waals surface area contributed by atoms with Crippen LogP contribution in [0.4, 0.5) is 0 Å². The van der Waals surface area contributed by atoms with Gasteiger partial charge in [0.25, 0.3) is 0 Å². The molecule has 2 aliphatic rings. The molecule has 2 fully saturated rings. The lowest BCUT2D eigenvalue weighted by Crippen LogP contribution is -2.49. The molecule has 1 saturated heterocycles. The molecule has 0 spiro atoms. The summed E-state index contributed by atoms with van der Waals surface area (Å²) in [6.07, 6.45) is 5.38. The van der Waals surface area contributed by atoms with E-state index in [9.17, 15) is 0 Å². The predicted octanol–water partition coefficient (Wildman–Crippen LogP) is 1.56. The molecule has 70 valence electrons. The Bertz CT molecular complexity index is 148. The molecule has 1 aliphatic heterocycles. The highest BCUT2D eigenvalue weighted by Crippen LogP contribution is 2.31. The van der Waals surface area contributed by atoms with E-state index in [-0.39, 0.29) is 0 Å². The molecule has 0 aromatic rings. The molecule has 1 N–H and O–H groups in total. The minimum absolute atomic E-state index is 0.475. The molecule has 1 aliphatic carbocycles. The van der Waals surface area contributed by atoms with Crippen LogP contribution in [0.3, 0.4) is 0 Å². The second kappa shape index (κ2) is 3.35. The lowest BCUT2D eigenvalue weighted by atomic mass is 9.78. The third-order valence-corrected chi connectivity index (χ3v) is 3.30. The quantitative estimate of drug-likeness (QED) is 0.692. The first-order chi connectivity index (χ1) is 5.79. The topological polar surface area (TPSA) is 21.3 Å². The summed E-state index contributed by atoms with van der Waals surface area (Å²) in [6.45, 7) is 5.45. The Kier molecular flexibility index (Phi) is 2.37. The average molecular weight is 169 g/mol. The molecule has 2 heteroatoms. The first-order valence-electron chi connectivity index (χ1n) is 5.11. The van der Waals surface area contributed by atoms with Gasteiger partial charge in [-0.3, -0.25) is 0 Å². The van der Waals surface area contributed by atoms with Gasteiger partial charge in [-0.1, -0.05) is 0 Å². The van der Waals surface area contributed by atoms with Crippen LogP contribution in [0.15, 0.2) is 0 Å². The zero-order chi connectivity index (χ0) is 8.44. The molecule has 2 rings (SSSR count). The van der Waals surface area contributed by atoms with Crippen molar-refractivity contribution in [2.24, 2.45) is 5.92 Å². The van der Waals surface area contributed by atoms with Crippen LogP contribution < -0.4 is 5.32 Å². The molecular formula is C10H19NO. The molecule has 0 amide bonds. The zero-order valence-corrected chi connectivity index (χ0v) is 7.94. The van der Waals surface area contributed by atoms with E-state index in [1.54, 1.807) is 0 Å². The molecule has 1 unspecified atom stereocenters. The maximum Gasteiger partial charge on any atom is 0.0507 e. The molecule has 1 heterocycles. The van der Waals surface area contributed by atoms with Crippen LogP contribution in [0, 0.1) is 5.92 Å². The summed E-state index contributed by atoms with van der Waals surface area (Å²) < 4.78 is 5.33. The largest absolute Gasteiger partial charge is 0.381 e. The van der Waals surface area contributed by atoms with Crippen LogP contribution in [0.25, 0.3) is 0 Å². The second-order valence-electron chi connectivity index (χ2n) is 4.52. The summed E-state index contributed by atoms with van der Waals surface area (Å²) in [7, 11) is 0.